The molecule has 0 spiro atoms. The molecule has 0 unspecified atom stereocenters. The predicted molar refractivity (Wildman–Crippen MR) is 63.6 cm³/mol. The molecule has 0 aliphatic heterocycles. The highest BCUT2D eigenvalue weighted by Gasteiger charge is 2.01. The van der Waals surface area contributed by atoms with Crippen molar-refractivity contribution in [3.05, 3.63) is 12.2 Å². The molecular formula is C11H22O2Si. The van der Waals surface area contributed by atoms with Gasteiger partial charge in [-0.3, -0.25) is 0 Å². The molecule has 3 heteroatoms. The summed E-state index contributed by atoms with van der Waals surface area (Å²) >= 11 is 0. The van der Waals surface area contributed by atoms with Gasteiger partial charge >= 0.3 is 5.97 Å². The highest BCUT2D eigenvalue weighted by atomic mass is 28.1. The third-order valence-electron chi connectivity index (χ3n) is 2.08. The summed E-state index contributed by atoms with van der Waals surface area (Å²) in [6.45, 7) is 5.75. The minimum absolute atomic E-state index is 0.260. The molecule has 0 atom stereocenters. The number of esters is 1. The first-order valence-electron chi connectivity index (χ1n) is 5.51. The van der Waals surface area contributed by atoms with E-state index in [1.807, 2.05) is 0 Å². The lowest BCUT2D eigenvalue weighted by molar-refractivity contribution is -0.139. The third-order valence-corrected chi connectivity index (χ3v) is 2.79. The molecule has 0 saturated heterocycles. The van der Waals surface area contributed by atoms with Gasteiger partial charge in [0.2, 0.25) is 0 Å². The van der Waals surface area contributed by atoms with Crippen molar-refractivity contribution >= 4 is 16.2 Å². The van der Waals surface area contributed by atoms with Crippen LogP contribution in [-0.4, -0.2) is 22.8 Å². The Labute approximate surface area is 90.1 Å². The second-order valence-electron chi connectivity index (χ2n) is 3.68. The monoisotopic (exact) mass is 214 g/mol. The first-order valence-corrected chi connectivity index (χ1v) is 6.92. The Bertz CT molecular complexity index is 178. The molecule has 0 aromatic heterocycles. The van der Waals surface area contributed by atoms with Crippen LogP contribution >= 0.6 is 0 Å². The molecule has 0 heterocycles. The molecule has 0 rings (SSSR count). The van der Waals surface area contributed by atoms with Gasteiger partial charge in [-0.25, -0.2) is 4.79 Å². The Morgan fingerprint density at radius 2 is 1.79 bits per heavy atom. The highest BCUT2D eigenvalue weighted by molar-refractivity contribution is 6.08. The van der Waals surface area contributed by atoms with Crippen LogP contribution in [0.4, 0.5) is 0 Å². The van der Waals surface area contributed by atoms with Crippen molar-refractivity contribution in [2.45, 2.75) is 45.1 Å². The van der Waals surface area contributed by atoms with Crippen LogP contribution in [0, 0.1) is 0 Å². The first-order chi connectivity index (χ1) is 6.68. The number of hydrogen-bond donors (Lipinski definition) is 0. The molecular weight excluding hydrogens is 192 g/mol. The number of rotatable bonds is 8. The highest BCUT2D eigenvalue weighted by Crippen LogP contribution is 2.05. The van der Waals surface area contributed by atoms with Crippen LogP contribution in [0.5, 0.6) is 0 Å². The summed E-state index contributed by atoms with van der Waals surface area (Å²) in [5, 5.41) is 0. The summed E-state index contributed by atoms with van der Waals surface area (Å²) in [7, 11) is 1.33. The summed E-state index contributed by atoms with van der Waals surface area (Å²) < 4.78 is 4.98. The van der Waals surface area contributed by atoms with Crippen LogP contribution in [0.1, 0.15) is 39.0 Å². The van der Waals surface area contributed by atoms with Crippen molar-refractivity contribution in [2.24, 2.45) is 0 Å². The van der Waals surface area contributed by atoms with Gasteiger partial charge in [0.15, 0.2) is 0 Å². The van der Waals surface area contributed by atoms with Crippen molar-refractivity contribution in [3.63, 3.8) is 0 Å². The average Bonchev–Trinajstić information content (AvgIpc) is 2.16. The first kappa shape index (κ1) is 13.4. The van der Waals surface area contributed by atoms with E-state index < -0.39 is 0 Å². The molecule has 2 nitrogen and oxygen atoms in total. The third kappa shape index (κ3) is 8.04. The van der Waals surface area contributed by atoms with Gasteiger partial charge < -0.3 is 4.74 Å². The van der Waals surface area contributed by atoms with E-state index in [0.717, 1.165) is 6.42 Å². The molecule has 0 aromatic rings. The summed E-state index contributed by atoms with van der Waals surface area (Å²) in [5.74, 6) is -0.260. The van der Waals surface area contributed by atoms with Crippen LogP contribution in [0.15, 0.2) is 12.2 Å². The molecule has 0 saturated carbocycles. The van der Waals surface area contributed by atoms with Gasteiger partial charge in [-0.1, -0.05) is 38.3 Å². The molecule has 0 aromatic carbocycles. The molecule has 0 aliphatic rings. The van der Waals surface area contributed by atoms with Gasteiger partial charge in [-0.05, 0) is 13.3 Å². The van der Waals surface area contributed by atoms with Gasteiger partial charge in [0.1, 0.15) is 0 Å². The van der Waals surface area contributed by atoms with Crippen LogP contribution in [0.2, 0.25) is 6.04 Å². The number of hydrogen-bond acceptors (Lipinski definition) is 2. The van der Waals surface area contributed by atoms with E-state index in [0.29, 0.717) is 12.2 Å². The van der Waals surface area contributed by atoms with Crippen LogP contribution in [0.25, 0.3) is 0 Å². The predicted octanol–water partition coefficient (Wildman–Crippen LogP) is 1.84. The van der Waals surface area contributed by atoms with E-state index in [1.54, 1.807) is 6.92 Å². The second kappa shape index (κ2) is 9.00. The summed E-state index contributed by atoms with van der Waals surface area (Å²) in [4.78, 5) is 11.0. The smallest absolute Gasteiger partial charge is 0.333 e. The van der Waals surface area contributed by atoms with Crippen molar-refractivity contribution in [1.82, 2.24) is 0 Å². The molecule has 0 amide bonds. The maximum atomic E-state index is 11.0. The number of carbonyl (C=O) groups excluding carboxylic acids is 1. The lowest BCUT2D eigenvalue weighted by Crippen LogP contribution is -2.05. The quantitative estimate of drug-likeness (QED) is 0.267. The zero-order valence-electron chi connectivity index (χ0n) is 9.47. The van der Waals surface area contributed by atoms with Gasteiger partial charge in [0.25, 0.3) is 0 Å². The van der Waals surface area contributed by atoms with Gasteiger partial charge in [0, 0.05) is 15.8 Å². The maximum absolute atomic E-state index is 11.0. The van der Waals surface area contributed by atoms with E-state index in [-0.39, 0.29) is 5.97 Å². The lowest BCUT2D eigenvalue weighted by atomic mass is 10.2. The standard InChI is InChI=1S/C11H22O2Si/c1-10(2)11(12)13-8-6-4-3-5-7-9-14/h1,3-9H2,2,14H3. The average molecular weight is 214 g/mol. The molecule has 0 fully saturated rings. The fourth-order valence-electron chi connectivity index (χ4n) is 1.17. The molecule has 0 aliphatic carbocycles. The van der Waals surface area contributed by atoms with Gasteiger partial charge in [-0.15, -0.1) is 0 Å². The van der Waals surface area contributed by atoms with Gasteiger partial charge in [0.05, 0.1) is 6.61 Å². The normalized spacial score (nSPS) is 10.1. The number of unbranched alkanes of at least 4 members (excludes halogenated alkanes) is 4. The topological polar surface area (TPSA) is 26.3 Å². The zero-order valence-corrected chi connectivity index (χ0v) is 11.5. The van der Waals surface area contributed by atoms with Crippen LogP contribution in [0.3, 0.4) is 0 Å². The van der Waals surface area contributed by atoms with Crippen molar-refractivity contribution in [1.29, 1.82) is 0 Å². The Morgan fingerprint density at radius 1 is 1.21 bits per heavy atom. The Balaban J connectivity index is 3.13. The minimum atomic E-state index is -0.260. The molecule has 82 valence electrons. The fourth-order valence-corrected chi connectivity index (χ4v) is 1.67. The molecule has 0 radical (unpaired) electrons. The van der Waals surface area contributed by atoms with E-state index in [4.69, 9.17) is 4.74 Å². The Hall–Kier alpha value is -0.573. The fraction of sp³-hybridized carbons (Fsp3) is 0.727. The number of carbonyl (C=O) groups is 1. The van der Waals surface area contributed by atoms with Crippen LogP contribution in [-0.2, 0) is 9.53 Å². The minimum Gasteiger partial charge on any atom is -0.462 e. The summed E-state index contributed by atoms with van der Waals surface area (Å²) in [6.07, 6.45) is 6.13. The van der Waals surface area contributed by atoms with E-state index in [1.165, 1.54) is 42.0 Å². The van der Waals surface area contributed by atoms with Crippen molar-refractivity contribution < 1.29 is 9.53 Å². The zero-order chi connectivity index (χ0) is 10.8. The Morgan fingerprint density at radius 3 is 2.36 bits per heavy atom. The summed E-state index contributed by atoms with van der Waals surface area (Å²) in [6, 6.07) is 1.41. The SMILES string of the molecule is C=C(C)C(=O)OCCCCCCC[SiH3]. The van der Waals surface area contributed by atoms with Crippen molar-refractivity contribution in [2.75, 3.05) is 6.61 Å². The van der Waals surface area contributed by atoms with E-state index in [2.05, 4.69) is 6.58 Å². The molecule has 14 heavy (non-hydrogen) atoms. The lowest BCUT2D eigenvalue weighted by Gasteiger charge is -2.03. The molecule has 0 N–H and O–H groups in total. The Kier molecular flexibility index (Phi) is 8.63. The van der Waals surface area contributed by atoms with Gasteiger partial charge in [-0.2, -0.15) is 0 Å². The second-order valence-corrected chi connectivity index (χ2v) is 4.68. The number of ether oxygens (including phenoxy) is 1. The largest absolute Gasteiger partial charge is 0.462 e. The van der Waals surface area contributed by atoms with E-state index >= 15 is 0 Å². The molecule has 0 bridgehead atoms. The van der Waals surface area contributed by atoms with E-state index in [9.17, 15) is 4.79 Å². The summed E-state index contributed by atoms with van der Waals surface area (Å²) in [5.41, 5.74) is 0.487. The van der Waals surface area contributed by atoms with Crippen molar-refractivity contribution in [3.8, 4) is 0 Å². The van der Waals surface area contributed by atoms with Crippen LogP contribution < -0.4 is 0 Å². The maximum Gasteiger partial charge on any atom is 0.333 e.